The number of nitrogens with two attached hydrogens (primary N) is 1. The van der Waals surface area contributed by atoms with Gasteiger partial charge >= 0.3 is 0 Å². The zero-order valence-corrected chi connectivity index (χ0v) is 9.26. The van der Waals surface area contributed by atoms with Crippen LogP contribution in [0.2, 0.25) is 0 Å². The first-order valence-corrected chi connectivity index (χ1v) is 5.30. The fourth-order valence-corrected chi connectivity index (χ4v) is 1.62. The fraction of sp³-hybridized carbons (Fsp3) is 0.333. The zero-order chi connectivity index (χ0) is 11.4. The standard InChI is InChI=1S/C12H15N3O/c1-9-12(16-8-15-9)7-10(13)6-11-4-2-3-5-14-11/h2-5,8,10H,6-7,13H2,1H3. The highest BCUT2D eigenvalue weighted by atomic mass is 16.3. The molecule has 4 heteroatoms. The lowest BCUT2D eigenvalue weighted by Crippen LogP contribution is -2.26. The minimum atomic E-state index is 0.0153. The predicted molar refractivity (Wildman–Crippen MR) is 60.9 cm³/mol. The molecule has 0 bridgehead atoms. The lowest BCUT2D eigenvalue weighted by molar-refractivity contribution is 0.476. The summed E-state index contributed by atoms with van der Waals surface area (Å²) in [5.74, 6) is 0.864. The van der Waals surface area contributed by atoms with Gasteiger partial charge in [-0.05, 0) is 19.1 Å². The first-order chi connectivity index (χ1) is 7.75. The minimum absolute atomic E-state index is 0.0153. The van der Waals surface area contributed by atoms with Gasteiger partial charge in [0.25, 0.3) is 0 Å². The molecule has 0 saturated carbocycles. The van der Waals surface area contributed by atoms with E-state index in [0.29, 0.717) is 6.42 Å². The summed E-state index contributed by atoms with van der Waals surface area (Å²) in [6, 6.07) is 5.86. The third-order valence-electron chi connectivity index (χ3n) is 2.49. The van der Waals surface area contributed by atoms with Crippen LogP contribution in [-0.4, -0.2) is 16.0 Å². The maximum atomic E-state index is 6.04. The Hall–Kier alpha value is -1.68. The molecule has 0 aliphatic carbocycles. The maximum Gasteiger partial charge on any atom is 0.181 e. The van der Waals surface area contributed by atoms with Gasteiger partial charge in [-0.3, -0.25) is 4.98 Å². The SMILES string of the molecule is Cc1ncoc1CC(N)Cc1ccccn1. The number of aromatic nitrogens is 2. The Morgan fingerprint density at radius 3 is 2.81 bits per heavy atom. The summed E-state index contributed by atoms with van der Waals surface area (Å²) < 4.78 is 5.26. The van der Waals surface area contributed by atoms with Gasteiger partial charge in [-0.1, -0.05) is 6.07 Å². The minimum Gasteiger partial charge on any atom is -0.448 e. The molecule has 2 heterocycles. The molecule has 0 spiro atoms. The van der Waals surface area contributed by atoms with Crippen LogP contribution in [0.3, 0.4) is 0 Å². The maximum absolute atomic E-state index is 6.04. The second-order valence-electron chi connectivity index (χ2n) is 3.85. The molecule has 16 heavy (non-hydrogen) atoms. The van der Waals surface area contributed by atoms with Crippen molar-refractivity contribution < 1.29 is 4.42 Å². The Balaban J connectivity index is 1.95. The Morgan fingerprint density at radius 1 is 1.31 bits per heavy atom. The second-order valence-corrected chi connectivity index (χ2v) is 3.85. The van der Waals surface area contributed by atoms with Crippen molar-refractivity contribution in [1.82, 2.24) is 9.97 Å². The van der Waals surface area contributed by atoms with Crippen molar-refractivity contribution in [3.8, 4) is 0 Å². The van der Waals surface area contributed by atoms with E-state index in [4.69, 9.17) is 10.2 Å². The molecule has 0 saturated heterocycles. The van der Waals surface area contributed by atoms with Crippen molar-refractivity contribution in [3.05, 3.63) is 47.9 Å². The topological polar surface area (TPSA) is 64.9 Å². The van der Waals surface area contributed by atoms with Gasteiger partial charge in [0.15, 0.2) is 6.39 Å². The molecular formula is C12H15N3O. The summed E-state index contributed by atoms with van der Waals surface area (Å²) in [6.07, 6.45) is 4.68. The molecule has 2 N–H and O–H groups in total. The molecule has 2 aromatic heterocycles. The second kappa shape index (κ2) is 4.90. The van der Waals surface area contributed by atoms with Crippen molar-refractivity contribution in [2.45, 2.75) is 25.8 Å². The van der Waals surface area contributed by atoms with Gasteiger partial charge in [0.2, 0.25) is 0 Å². The van der Waals surface area contributed by atoms with Crippen molar-refractivity contribution in [2.24, 2.45) is 5.73 Å². The first kappa shape index (κ1) is 10.8. The van der Waals surface area contributed by atoms with E-state index in [0.717, 1.165) is 23.6 Å². The summed E-state index contributed by atoms with van der Waals surface area (Å²) in [6.45, 7) is 1.92. The molecule has 0 aliphatic heterocycles. The van der Waals surface area contributed by atoms with Crippen molar-refractivity contribution in [2.75, 3.05) is 0 Å². The van der Waals surface area contributed by atoms with Gasteiger partial charge in [-0.15, -0.1) is 0 Å². The van der Waals surface area contributed by atoms with Crippen LogP contribution >= 0.6 is 0 Å². The van der Waals surface area contributed by atoms with Crippen LogP contribution in [0.15, 0.2) is 35.2 Å². The Bertz CT molecular complexity index is 439. The number of hydrogen-bond acceptors (Lipinski definition) is 4. The smallest absolute Gasteiger partial charge is 0.181 e. The molecule has 84 valence electrons. The third kappa shape index (κ3) is 2.67. The Labute approximate surface area is 94.5 Å². The lowest BCUT2D eigenvalue weighted by Gasteiger charge is -2.09. The zero-order valence-electron chi connectivity index (χ0n) is 9.26. The molecule has 2 aromatic rings. The van der Waals surface area contributed by atoms with E-state index >= 15 is 0 Å². The van der Waals surface area contributed by atoms with Crippen LogP contribution < -0.4 is 5.73 Å². The summed E-state index contributed by atoms with van der Waals surface area (Å²) >= 11 is 0. The summed E-state index contributed by atoms with van der Waals surface area (Å²) in [5.41, 5.74) is 7.96. The van der Waals surface area contributed by atoms with E-state index < -0.39 is 0 Å². The van der Waals surface area contributed by atoms with Crippen molar-refractivity contribution in [3.63, 3.8) is 0 Å². The molecule has 0 aromatic carbocycles. The average molecular weight is 217 g/mol. The monoisotopic (exact) mass is 217 g/mol. The highest BCUT2D eigenvalue weighted by molar-refractivity contribution is 5.09. The van der Waals surface area contributed by atoms with Crippen LogP contribution in [0, 0.1) is 6.92 Å². The van der Waals surface area contributed by atoms with Crippen LogP contribution in [0.25, 0.3) is 0 Å². The Morgan fingerprint density at radius 2 is 2.19 bits per heavy atom. The first-order valence-electron chi connectivity index (χ1n) is 5.30. The van der Waals surface area contributed by atoms with E-state index in [1.54, 1.807) is 6.20 Å². The van der Waals surface area contributed by atoms with E-state index in [2.05, 4.69) is 9.97 Å². The number of oxazole rings is 1. The normalized spacial score (nSPS) is 12.6. The van der Waals surface area contributed by atoms with Gasteiger partial charge < -0.3 is 10.2 Å². The fourth-order valence-electron chi connectivity index (χ4n) is 1.62. The average Bonchev–Trinajstić information content (AvgIpc) is 2.66. The largest absolute Gasteiger partial charge is 0.448 e. The summed E-state index contributed by atoms with van der Waals surface area (Å²) in [5, 5.41) is 0. The lowest BCUT2D eigenvalue weighted by atomic mass is 10.1. The van der Waals surface area contributed by atoms with E-state index in [-0.39, 0.29) is 6.04 Å². The van der Waals surface area contributed by atoms with E-state index in [1.165, 1.54) is 6.39 Å². The number of aryl methyl sites for hydroxylation is 1. The molecule has 0 amide bonds. The summed E-state index contributed by atoms with van der Waals surface area (Å²) in [4.78, 5) is 8.28. The number of rotatable bonds is 4. The highest BCUT2D eigenvalue weighted by Gasteiger charge is 2.10. The molecule has 2 rings (SSSR count). The predicted octanol–water partition coefficient (Wildman–Crippen LogP) is 1.49. The van der Waals surface area contributed by atoms with Gasteiger partial charge in [0.1, 0.15) is 5.76 Å². The van der Waals surface area contributed by atoms with Crippen LogP contribution in [0.1, 0.15) is 17.1 Å². The quantitative estimate of drug-likeness (QED) is 0.842. The molecule has 1 unspecified atom stereocenters. The van der Waals surface area contributed by atoms with E-state index in [1.807, 2.05) is 25.1 Å². The van der Waals surface area contributed by atoms with Gasteiger partial charge in [0, 0.05) is 30.8 Å². The molecule has 0 fully saturated rings. The van der Waals surface area contributed by atoms with Gasteiger partial charge in [-0.2, -0.15) is 0 Å². The van der Waals surface area contributed by atoms with Gasteiger partial charge in [-0.25, -0.2) is 4.98 Å². The molecule has 0 radical (unpaired) electrons. The van der Waals surface area contributed by atoms with Crippen molar-refractivity contribution >= 4 is 0 Å². The third-order valence-corrected chi connectivity index (χ3v) is 2.49. The number of nitrogens with zero attached hydrogens (tertiary/aromatic N) is 2. The molecule has 1 atom stereocenters. The van der Waals surface area contributed by atoms with Crippen LogP contribution in [0.5, 0.6) is 0 Å². The van der Waals surface area contributed by atoms with Crippen molar-refractivity contribution in [1.29, 1.82) is 0 Å². The van der Waals surface area contributed by atoms with Crippen LogP contribution in [0.4, 0.5) is 0 Å². The van der Waals surface area contributed by atoms with Gasteiger partial charge in [0.05, 0.1) is 5.69 Å². The molecule has 0 aliphatic rings. The molecule has 4 nitrogen and oxygen atoms in total. The van der Waals surface area contributed by atoms with Crippen LogP contribution in [-0.2, 0) is 12.8 Å². The number of hydrogen-bond donors (Lipinski definition) is 1. The Kier molecular flexibility index (Phi) is 3.31. The molecular weight excluding hydrogens is 202 g/mol. The van der Waals surface area contributed by atoms with E-state index in [9.17, 15) is 0 Å². The summed E-state index contributed by atoms with van der Waals surface area (Å²) in [7, 11) is 0. The number of pyridine rings is 1. The highest BCUT2D eigenvalue weighted by Crippen LogP contribution is 2.09.